The third kappa shape index (κ3) is 9.54. The SMILES string of the molecule is CCCCCCCCCOc1cc(C)c(OCCCCCCCCC)c2ccccc12. The maximum Gasteiger partial charge on any atom is 0.130 e. The van der Waals surface area contributed by atoms with Crippen molar-refractivity contribution in [3.05, 3.63) is 35.9 Å². The maximum absolute atomic E-state index is 6.27. The van der Waals surface area contributed by atoms with Crippen molar-refractivity contribution in [1.29, 1.82) is 0 Å². The molecule has 31 heavy (non-hydrogen) atoms. The lowest BCUT2D eigenvalue weighted by molar-refractivity contribution is 0.299. The van der Waals surface area contributed by atoms with Crippen LogP contribution >= 0.6 is 0 Å². The van der Waals surface area contributed by atoms with Crippen molar-refractivity contribution in [3.63, 3.8) is 0 Å². The first-order chi connectivity index (χ1) is 15.3. The Morgan fingerprint density at radius 1 is 0.581 bits per heavy atom. The number of hydrogen-bond acceptors (Lipinski definition) is 2. The molecule has 0 saturated carbocycles. The van der Waals surface area contributed by atoms with E-state index in [1.165, 1.54) is 93.4 Å². The summed E-state index contributed by atoms with van der Waals surface area (Å²) in [5.74, 6) is 2.03. The smallest absolute Gasteiger partial charge is 0.130 e. The molecule has 0 aliphatic rings. The Hall–Kier alpha value is -1.70. The van der Waals surface area contributed by atoms with Crippen molar-refractivity contribution in [2.45, 2.75) is 111 Å². The summed E-state index contributed by atoms with van der Waals surface area (Å²) in [6, 6.07) is 10.7. The molecule has 2 aromatic carbocycles. The number of rotatable bonds is 18. The summed E-state index contributed by atoms with van der Waals surface area (Å²) < 4.78 is 12.5. The minimum absolute atomic E-state index is 0.801. The Labute approximate surface area is 191 Å². The van der Waals surface area contributed by atoms with Crippen molar-refractivity contribution >= 4 is 10.8 Å². The zero-order valence-corrected chi connectivity index (χ0v) is 20.5. The summed E-state index contributed by atoms with van der Waals surface area (Å²) in [6.45, 7) is 8.29. The second-order valence-electron chi connectivity index (χ2n) is 9.01. The Morgan fingerprint density at radius 3 is 1.65 bits per heavy atom. The maximum atomic E-state index is 6.27. The molecule has 0 N–H and O–H groups in total. The van der Waals surface area contributed by atoms with Crippen LogP contribution in [0.3, 0.4) is 0 Å². The molecule has 0 unspecified atom stereocenters. The van der Waals surface area contributed by atoms with Crippen LogP contribution in [0, 0.1) is 6.92 Å². The van der Waals surface area contributed by atoms with Crippen LogP contribution in [0.15, 0.2) is 30.3 Å². The highest BCUT2D eigenvalue weighted by Gasteiger charge is 2.11. The van der Waals surface area contributed by atoms with Crippen LogP contribution in [-0.4, -0.2) is 13.2 Å². The van der Waals surface area contributed by atoms with Crippen molar-refractivity contribution in [2.24, 2.45) is 0 Å². The van der Waals surface area contributed by atoms with Gasteiger partial charge in [0.15, 0.2) is 0 Å². The van der Waals surface area contributed by atoms with E-state index in [9.17, 15) is 0 Å². The highest BCUT2D eigenvalue weighted by atomic mass is 16.5. The van der Waals surface area contributed by atoms with Crippen LogP contribution in [-0.2, 0) is 0 Å². The summed E-state index contributed by atoms with van der Waals surface area (Å²) in [5, 5.41) is 2.35. The first kappa shape index (κ1) is 25.6. The molecule has 0 aliphatic heterocycles. The number of fused-ring (bicyclic) bond motifs is 1. The fourth-order valence-corrected chi connectivity index (χ4v) is 4.23. The quantitative estimate of drug-likeness (QED) is 0.221. The molecule has 2 aromatic rings. The van der Waals surface area contributed by atoms with Crippen LogP contribution in [0.4, 0.5) is 0 Å². The summed E-state index contributed by atoms with van der Waals surface area (Å²) in [7, 11) is 0. The van der Waals surface area contributed by atoms with Gasteiger partial charge in [-0.25, -0.2) is 0 Å². The zero-order valence-electron chi connectivity index (χ0n) is 20.5. The lowest BCUT2D eigenvalue weighted by Gasteiger charge is -2.16. The van der Waals surface area contributed by atoms with E-state index in [1.54, 1.807) is 0 Å². The van der Waals surface area contributed by atoms with Crippen LogP contribution < -0.4 is 9.47 Å². The second kappa shape index (κ2) is 16.0. The summed E-state index contributed by atoms with van der Waals surface area (Å²) in [4.78, 5) is 0. The van der Waals surface area contributed by atoms with Gasteiger partial charge >= 0.3 is 0 Å². The van der Waals surface area contributed by atoms with Gasteiger partial charge in [-0.3, -0.25) is 0 Å². The molecule has 0 aliphatic carbocycles. The van der Waals surface area contributed by atoms with Gasteiger partial charge in [-0.1, -0.05) is 115 Å². The molecule has 2 nitrogen and oxygen atoms in total. The molecule has 0 saturated heterocycles. The van der Waals surface area contributed by atoms with Gasteiger partial charge in [0.25, 0.3) is 0 Å². The van der Waals surface area contributed by atoms with Crippen molar-refractivity contribution < 1.29 is 9.47 Å². The number of aryl methyl sites for hydroxylation is 1. The number of unbranched alkanes of at least 4 members (excludes halogenated alkanes) is 12. The topological polar surface area (TPSA) is 18.5 Å². The first-order valence-corrected chi connectivity index (χ1v) is 13.1. The van der Waals surface area contributed by atoms with Crippen molar-refractivity contribution in [3.8, 4) is 11.5 Å². The van der Waals surface area contributed by atoms with Gasteiger partial charge in [0, 0.05) is 10.8 Å². The third-order valence-corrected chi connectivity index (χ3v) is 6.14. The van der Waals surface area contributed by atoms with Crippen LogP contribution in [0.2, 0.25) is 0 Å². The van der Waals surface area contributed by atoms with Crippen LogP contribution in [0.5, 0.6) is 11.5 Å². The highest BCUT2D eigenvalue weighted by Crippen LogP contribution is 2.36. The van der Waals surface area contributed by atoms with Crippen molar-refractivity contribution in [1.82, 2.24) is 0 Å². The van der Waals surface area contributed by atoms with E-state index in [4.69, 9.17) is 9.47 Å². The van der Waals surface area contributed by atoms with Gasteiger partial charge < -0.3 is 9.47 Å². The molecule has 2 rings (SSSR count). The largest absolute Gasteiger partial charge is 0.493 e. The average molecular weight is 427 g/mol. The molecule has 0 aromatic heterocycles. The van der Waals surface area contributed by atoms with E-state index in [0.29, 0.717) is 0 Å². The van der Waals surface area contributed by atoms with Crippen LogP contribution in [0.25, 0.3) is 10.8 Å². The summed E-state index contributed by atoms with van der Waals surface area (Å²) >= 11 is 0. The van der Waals surface area contributed by atoms with Crippen molar-refractivity contribution in [2.75, 3.05) is 13.2 Å². The predicted octanol–water partition coefficient (Wildman–Crippen LogP) is 9.41. The predicted molar refractivity (Wildman–Crippen MR) is 136 cm³/mol. The first-order valence-electron chi connectivity index (χ1n) is 13.1. The monoisotopic (exact) mass is 426 g/mol. The molecular weight excluding hydrogens is 380 g/mol. The fourth-order valence-electron chi connectivity index (χ4n) is 4.23. The minimum Gasteiger partial charge on any atom is -0.493 e. The molecule has 0 atom stereocenters. The average Bonchev–Trinajstić information content (AvgIpc) is 2.79. The molecule has 0 radical (unpaired) electrons. The van der Waals surface area contributed by atoms with E-state index in [0.717, 1.165) is 37.6 Å². The number of benzene rings is 2. The third-order valence-electron chi connectivity index (χ3n) is 6.14. The van der Waals surface area contributed by atoms with Gasteiger partial charge in [0.2, 0.25) is 0 Å². The molecule has 0 heterocycles. The Morgan fingerprint density at radius 2 is 1.06 bits per heavy atom. The van der Waals surface area contributed by atoms with Gasteiger partial charge in [-0.05, 0) is 31.4 Å². The summed E-state index contributed by atoms with van der Waals surface area (Å²) in [6.07, 6.45) is 18.3. The normalized spacial score (nSPS) is 11.2. The Kier molecular flexibility index (Phi) is 13.2. The standard InChI is InChI=1S/C29H46O2/c1-4-6-8-10-12-14-18-22-30-28-24-25(3)29(27-21-17-16-20-26(27)28)31-23-19-15-13-11-9-7-5-2/h16-17,20-21,24H,4-15,18-19,22-23H2,1-3H3. The lowest BCUT2D eigenvalue weighted by atomic mass is 10.0. The second-order valence-corrected chi connectivity index (χ2v) is 9.01. The van der Waals surface area contributed by atoms with E-state index >= 15 is 0 Å². The molecule has 0 fully saturated rings. The Balaban J connectivity index is 1.82. The van der Waals surface area contributed by atoms with Gasteiger partial charge in [0.1, 0.15) is 11.5 Å². The molecule has 2 heteroatoms. The highest BCUT2D eigenvalue weighted by molar-refractivity contribution is 5.94. The van der Waals surface area contributed by atoms with Gasteiger partial charge in [-0.15, -0.1) is 0 Å². The molecule has 0 spiro atoms. The lowest BCUT2D eigenvalue weighted by Crippen LogP contribution is -2.02. The molecule has 0 amide bonds. The Bertz CT molecular complexity index is 722. The van der Waals surface area contributed by atoms with E-state index in [-0.39, 0.29) is 0 Å². The van der Waals surface area contributed by atoms with Gasteiger partial charge in [-0.2, -0.15) is 0 Å². The molecule has 174 valence electrons. The van der Waals surface area contributed by atoms with E-state index < -0.39 is 0 Å². The van der Waals surface area contributed by atoms with E-state index in [2.05, 4.69) is 51.1 Å². The number of ether oxygens (including phenoxy) is 2. The van der Waals surface area contributed by atoms with Gasteiger partial charge in [0.05, 0.1) is 13.2 Å². The zero-order chi connectivity index (χ0) is 22.2. The molecular formula is C29H46O2. The van der Waals surface area contributed by atoms with Crippen LogP contribution in [0.1, 0.15) is 109 Å². The molecule has 0 bridgehead atoms. The minimum atomic E-state index is 0.801. The number of hydrogen-bond donors (Lipinski definition) is 0. The summed E-state index contributed by atoms with van der Waals surface area (Å²) in [5.41, 5.74) is 1.18. The fraction of sp³-hybridized carbons (Fsp3) is 0.655. The van der Waals surface area contributed by atoms with E-state index in [1.807, 2.05) is 0 Å².